The lowest BCUT2D eigenvalue weighted by molar-refractivity contribution is 0.274. The molecule has 0 atom stereocenters. The standard InChI is InChI=1S/C16H20N2O2/c1-11-8-12(2)17-16(15(11)10-19)20-14-7-5-6-13(9-14)18(3)4/h5-9,19H,10H2,1-4H3. The van der Waals surface area contributed by atoms with E-state index in [2.05, 4.69) is 4.98 Å². The smallest absolute Gasteiger partial charge is 0.225 e. The number of aliphatic hydroxyl groups excluding tert-OH is 1. The Morgan fingerprint density at radius 3 is 2.60 bits per heavy atom. The number of aliphatic hydroxyl groups is 1. The van der Waals surface area contributed by atoms with Gasteiger partial charge in [-0.1, -0.05) is 6.07 Å². The summed E-state index contributed by atoms with van der Waals surface area (Å²) in [5.74, 6) is 1.18. The molecule has 1 aromatic heterocycles. The van der Waals surface area contributed by atoms with Gasteiger partial charge in [-0.05, 0) is 37.6 Å². The Hall–Kier alpha value is -2.07. The molecule has 4 nitrogen and oxygen atoms in total. The van der Waals surface area contributed by atoms with Gasteiger partial charge in [0.2, 0.25) is 5.88 Å². The number of rotatable bonds is 4. The molecule has 106 valence electrons. The first-order valence-electron chi connectivity index (χ1n) is 6.54. The Kier molecular flexibility index (Phi) is 4.25. The molecule has 0 bridgehead atoms. The lowest BCUT2D eigenvalue weighted by Crippen LogP contribution is -2.08. The minimum Gasteiger partial charge on any atom is -0.439 e. The maximum atomic E-state index is 9.48. The average Bonchev–Trinajstić information content (AvgIpc) is 2.38. The number of hydrogen-bond donors (Lipinski definition) is 1. The maximum Gasteiger partial charge on any atom is 0.225 e. The summed E-state index contributed by atoms with van der Waals surface area (Å²) in [6.07, 6.45) is 0. The van der Waals surface area contributed by atoms with E-state index >= 15 is 0 Å². The SMILES string of the molecule is Cc1cc(C)c(CO)c(Oc2cccc(N(C)C)c2)n1. The van der Waals surface area contributed by atoms with Crippen molar-refractivity contribution in [3.8, 4) is 11.6 Å². The largest absolute Gasteiger partial charge is 0.439 e. The van der Waals surface area contributed by atoms with Gasteiger partial charge in [-0.15, -0.1) is 0 Å². The molecule has 0 aliphatic rings. The average molecular weight is 272 g/mol. The molecule has 1 heterocycles. The van der Waals surface area contributed by atoms with E-state index in [1.54, 1.807) is 0 Å². The van der Waals surface area contributed by atoms with E-state index < -0.39 is 0 Å². The van der Waals surface area contributed by atoms with Gasteiger partial charge in [0.1, 0.15) is 5.75 Å². The van der Waals surface area contributed by atoms with Crippen LogP contribution in [0.5, 0.6) is 11.6 Å². The summed E-state index contributed by atoms with van der Waals surface area (Å²) in [4.78, 5) is 6.39. The second kappa shape index (κ2) is 5.92. The van der Waals surface area contributed by atoms with E-state index in [-0.39, 0.29) is 6.61 Å². The van der Waals surface area contributed by atoms with E-state index in [4.69, 9.17) is 4.74 Å². The fourth-order valence-corrected chi connectivity index (χ4v) is 2.04. The molecule has 1 N–H and O–H groups in total. The lowest BCUT2D eigenvalue weighted by Gasteiger charge is -2.15. The molecule has 0 aliphatic carbocycles. The predicted octanol–water partition coefficient (Wildman–Crippen LogP) is 3.05. The molecule has 4 heteroatoms. The van der Waals surface area contributed by atoms with Gasteiger partial charge >= 0.3 is 0 Å². The molecule has 0 saturated carbocycles. The third-order valence-electron chi connectivity index (χ3n) is 3.14. The van der Waals surface area contributed by atoms with Gasteiger partial charge in [-0.3, -0.25) is 0 Å². The second-order valence-electron chi connectivity index (χ2n) is 5.02. The van der Waals surface area contributed by atoms with Crippen molar-refractivity contribution in [3.05, 3.63) is 47.2 Å². The Bertz CT molecular complexity index is 609. The second-order valence-corrected chi connectivity index (χ2v) is 5.02. The number of nitrogens with zero attached hydrogens (tertiary/aromatic N) is 2. The van der Waals surface area contributed by atoms with Crippen molar-refractivity contribution >= 4 is 5.69 Å². The first-order chi connectivity index (χ1) is 9.51. The van der Waals surface area contributed by atoms with Crippen LogP contribution in [0.25, 0.3) is 0 Å². The Balaban J connectivity index is 2.37. The molecule has 1 aromatic carbocycles. The summed E-state index contributed by atoms with van der Waals surface area (Å²) < 4.78 is 5.86. The minimum atomic E-state index is -0.0815. The Morgan fingerprint density at radius 1 is 1.20 bits per heavy atom. The van der Waals surface area contributed by atoms with Crippen LogP contribution in [-0.4, -0.2) is 24.2 Å². The van der Waals surface area contributed by atoms with Gasteiger partial charge in [-0.2, -0.15) is 0 Å². The van der Waals surface area contributed by atoms with E-state index in [0.29, 0.717) is 11.6 Å². The van der Waals surface area contributed by atoms with Crippen LogP contribution >= 0.6 is 0 Å². The van der Waals surface area contributed by atoms with Crippen LogP contribution in [0.3, 0.4) is 0 Å². The topological polar surface area (TPSA) is 45.6 Å². The van der Waals surface area contributed by atoms with Gasteiger partial charge in [0, 0.05) is 37.1 Å². The normalized spacial score (nSPS) is 10.4. The van der Waals surface area contributed by atoms with Crippen LogP contribution in [0.4, 0.5) is 5.69 Å². The molecule has 20 heavy (non-hydrogen) atoms. The molecule has 0 aliphatic heterocycles. The molecule has 2 rings (SSSR count). The first-order valence-corrected chi connectivity index (χ1v) is 6.54. The zero-order valence-electron chi connectivity index (χ0n) is 12.3. The van der Waals surface area contributed by atoms with Crippen molar-refractivity contribution < 1.29 is 9.84 Å². The Labute approximate surface area is 119 Å². The zero-order valence-corrected chi connectivity index (χ0v) is 12.3. The minimum absolute atomic E-state index is 0.0815. The molecule has 2 aromatic rings. The number of pyridine rings is 1. The summed E-state index contributed by atoms with van der Waals surface area (Å²) in [5.41, 5.74) is 3.64. The van der Waals surface area contributed by atoms with Crippen molar-refractivity contribution in [2.45, 2.75) is 20.5 Å². The summed E-state index contributed by atoms with van der Waals surface area (Å²) in [6, 6.07) is 9.71. The summed E-state index contributed by atoms with van der Waals surface area (Å²) in [5, 5.41) is 9.48. The lowest BCUT2D eigenvalue weighted by atomic mass is 10.1. The maximum absolute atomic E-state index is 9.48. The van der Waals surface area contributed by atoms with Crippen molar-refractivity contribution in [1.82, 2.24) is 4.98 Å². The van der Waals surface area contributed by atoms with Crippen LogP contribution in [0.1, 0.15) is 16.8 Å². The summed E-state index contributed by atoms with van der Waals surface area (Å²) in [7, 11) is 3.96. The van der Waals surface area contributed by atoms with Crippen LogP contribution in [0.2, 0.25) is 0 Å². The highest BCUT2D eigenvalue weighted by molar-refractivity contribution is 5.50. The highest BCUT2D eigenvalue weighted by Crippen LogP contribution is 2.28. The molecule has 0 radical (unpaired) electrons. The summed E-state index contributed by atoms with van der Waals surface area (Å²) in [6.45, 7) is 3.78. The van der Waals surface area contributed by atoms with Gasteiger partial charge in [-0.25, -0.2) is 4.98 Å². The summed E-state index contributed by atoms with van der Waals surface area (Å²) >= 11 is 0. The molecule has 0 amide bonds. The highest BCUT2D eigenvalue weighted by atomic mass is 16.5. The van der Waals surface area contributed by atoms with Crippen molar-refractivity contribution in [2.24, 2.45) is 0 Å². The van der Waals surface area contributed by atoms with Gasteiger partial charge < -0.3 is 14.7 Å². The number of aromatic nitrogens is 1. The van der Waals surface area contributed by atoms with E-state index in [1.807, 2.05) is 63.2 Å². The zero-order chi connectivity index (χ0) is 14.7. The Morgan fingerprint density at radius 2 is 1.95 bits per heavy atom. The van der Waals surface area contributed by atoms with Crippen molar-refractivity contribution in [1.29, 1.82) is 0 Å². The highest BCUT2D eigenvalue weighted by Gasteiger charge is 2.11. The monoisotopic (exact) mass is 272 g/mol. The van der Waals surface area contributed by atoms with E-state index in [0.717, 1.165) is 22.5 Å². The van der Waals surface area contributed by atoms with E-state index in [1.165, 1.54) is 0 Å². The molecule has 0 spiro atoms. The fourth-order valence-electron chi connectivity index (χ4n) is 2.04. The number of hydrogen-bond acceptors (Lipinski definition) is 4. The van der Waals surface area contributed by atoms with Crippen LogP contribution in [-0.2, 0) is 6.61 Å². The molecular weight excluding hydrogens is 252 g/mol. The number of ether oxygens (including phenoxy) is 1. The first kappa shape index (κ1) is 14.3. The van der Waals surface area contributed by atoms with Crippen LogP contribution in [0.15, 0.2) is 30.3 Å². The van der Waals surface area contributed by atoms with Crippen molar-refractivity contribution in [2.75, 3.05) is 19.0 Å². The molecule has 0 fully saturated rings. The number of aryl methyl sites for hydroxylation is 2. The predicted molar refractivity (Wildman–Crippen MR) is 80.5 cm³/mol. The molecular formula is C16H20N2O2. The third kappa shape index (κ3) is 3.08. The van der Waals surface area contributed by atoms with E-state index in [9.17, 15) is 5.11 Å². The quantitative estimate of drug-likeness (QED) is 0.929. The van der Waals surface area contributed by atoms with Gasteiger partial charge in [0.05, 0.1) is 6.61 Å². The fraction of sp³-hybridized carbons (Fsp3) is 0.312. The number of benzene rings is 1. The number of anilines is 1. The van der Waals surface area contributed by atoms with Crippen molar-refractivity contribution in [3.63, 3.8) is 0 Å². The third-order valence-corrected chi connectivity index (χ3v) is 3.14. The van der Waals surface area contributed by atoms with Gasteiger partial charge in [0.15, 0.2) is 0 Å². The van der Waals surface area contributed by atoms with Crippen LogP contribution in [0, 0.1) is 13.8 Å². The molecule has 0 saturated heterocycles. The molecule has 0 unspecified atom stereocenters. The van der Waals surface area contributed by atoms with Crippen LogP contribution < -0.4 is 9.64 Å². The van der Waals surface area contributed by atoms with Gasteiger partial charge in [0.25, 0.3) is 0 Å².